The molecular weight excluding hydrogens is 397 g/mol. The zero-order valence-corrected chi connectivity index (χ0v) is 14.4. The molecule has 2 aliphatic rings. The van der Waals surface area contributed by atoms with Gasteiger partial charge in [-0.2, -0.15) is 13.2 Å². The monoisotopic (exact) mass is 411 g/mol. The van der Waals surface area contributed by atoms with Crippen LogP contribution in [0.3, 0.4) is 0 Å². The standard InChI is InChI=1S/C16H15ClF5N3O2/c17-11-9(18)2-1-8(12(11)19)13(6-3-7(4-6)16(20,21)22)25-14(26)10-5-23-15(27)24-10/h1-2,6-7,10,13H,3-5H2,(H,25,26)(H2,23,24,27)/t6-,7-,10-,13-/m0/s1. The van der Waals surface area contributed by atoms with E-state index in [1.54, 1.807) is 0 Å². The predicted octanol–water partition coefficient (Wildman–Crippen LogP) is 3.05. The van der Waals surface area contributed by atoms with Crippen molar-refractivity contribution in [2.45, 2.75) is 31.1 Å². The average molecular weight is 412 g/mol. The Balaban J connectivity index is 1.83. The molecular formula is C16H15ClF5N3O2. The van der Waals surface area contributed by atoms with E-state index in [2.05, 4.69) is 16.0 Å². The molecule has 5 nitrogen and oxygen atoms in total. The molecule has 1 saturated heterocycles. The van der Waals surface area contributed by atoms with Crippen LogP contribution in [0.25, 0.3) is 0 Å². The van der Waals surface area contributed by atoms with Crippen molar-refractivity contribution < 1.29 is 31.5 Å². The minimum Gasteiger partial charge on any atom is -0.347 e. The second-order valence-electron chi connectivity index (χ2n) is 6.63. The van der Waals surface area contributed by atoms with Crippen LogP contribution in [0.4, 0.5) is 26.7 Å². The SMILES string of the molecule is O=C1NC[C@@H](C(=O)N[C@H](c2ccc(F)c(Cl)c2F)[C@H]2C[C@H](C(F)(F)F)C2)N1. The summed E-state index contributed by atoms with van der Waals surface area (Å²) < 4.78 is 66.3. The molecule has 0 radical (unpaired) electrons. The lowest BCUT2D eigenvalue weighted by Crippen LogP contribution is -2.49. The third-order valence-electron chi connectivity index (χ3n) is 4.90. The van der Waals surface area contributed by atoms with Crippen molar-refractivity contribution in [1.82, 2.24) is 16.0 Å². The van der Waals surface area contributed by atoms with E-state index in [4.69, 9.17) is 11.6 Å². The molecule has 2 fully saturated rings. The Labute approximate surface area is 155 Å². The minimum atomic E-state index is -4.38. The first-order chi connectivity index (χ1) is 12.6. The van der Waals surface area contributed by atoms with Gasteiger partial charge in [0.2, 0.25) is 5.91 Å². The number of amides is 3. The summed E-state index contributed by atoms with van der Waals surface area (Å²) in [6.45, 7) is -0.0140. The van der Waals surface area contributed by atoms with E-state index in [1.807, 2.05) is 0 Å². The van der Waals surface area contributed by atoms with Crippen molar-refractivity contribution in [3.63, 3.8) is 0 Å². The maximum atomic E-state index is 14.4. The zero-order chi connectivity index (χ0) is 19.9. The molecule has 1 aromatic rings. The lowest BCUT2D eigenvalue weighted by atomic mass is 9.69. The fraction of sp³-hybridized carbons (Fsp3) is 0.500. The van der Waals surface area contributed by atoms with Crippen LogP contribution < -0.4 is 16.0 Å². The van der Waals surface area contributed by atoms with Crippen LogP contribution in [-0.2, 0) is 4.79 Å². The lowest BCUT2D eigenvalue weighted by molar-refractivity contribution is -0.207. The summed E-state index contributed by atoms with van der Waals surface area (Å²) in [5, 5.41) is 6.38. The van der Waals surface area contributed by atoms with Gasteiger partial charge < -0.3 is 16.0 Å². The van der Waals surface area contributed by atoms with Gasteiger partial charge in [0.15, 0.2) is 0 Å². The fourth-order valence-corrected chi connectivity index (χ4v) is 3.47. The predicted molar refractivity (Wildman–Crippen MR) is 84.8 cm³/mol. The van der Waals surface area contributed by atoms with Gasteiger partial charge in [0, 0.05) is 12.1 Å². The zero-order valence-electron chi connectivity index (χ0n) is 13.7. The maximum Gasteiger partial charge on any atom is 0.391 e. The van der Waals surface area contributed by atoms with Gasteiger partial charge in [-0.25, -0.2) is 13.6 Å². The van der Waals surface area contributed by atoms with E-state index in [0.29, 0.717) is 0 Å². The van der Waals surface area contributed by atoms with Crippen molar-refractivity contribution >= 4 is 23.5 Å². The normalized spacial score (nSPS) is 26.0. The summed E-state index contributed by atoms with van der Waals surface area (Å²) >= 11 is 5.57. The molecule has 0 spiro atoms. The van der Waals surface area contributed by atoms with E-state index < -0.39 is 58.7 Å². The van der Waals surface area contributed by atoms with Crippen molar-refractivity contribution in [3.8, 4) is 0 Å². The quantitative estimate of drug-likeness (QED) is 0.526. The molecule has 3 amide bonds. The molecule has 1 aliphatic carbocycles. The van der Waals surface area contributed by atoms with Crippen molar-refractivity contribution in [2.24, 2.45) is 11.8 Å². The van der Waals surface area contributed by atoms with Crippen molar-refractivity contribution in [1.29, 1.82) is 0 Å². The molecule has 1 aliphatic heterocycles. The van der Waals surface area contributed by atoms with Gasteiger partial charge in [-0.05, 0) is 24.8 Å². The van der Waals surface area contributed by atoms with Crippen LogP contribution in [0.2, 0.25) is 5.02 Å². The third-order valence-corrected chi connectivity index (χ3v) is 5.24. The minimum absolute atomic E-state index is 0.0140. The summed E-state index contributed by atoms with van der Waals surface area (Å²) in [4.78, 5) is 23.5. The Kier molecular flexibility index (Phi) is 5.20. The first-order valence-electron chi connectivity index (χ1n) is 8.12. The van der Waals surface area contributed by atoms with Gasteiger partial charge in [0.05, 0.1) is 12.0 Å². The van der Waals surface area contributed by atoms with E-state index in [1.165, 1.54) is 0 Å². The lowest BCUT2D eigenvalue weighted by Gasteiger charge is -2.41. The maximum absolute atomic E-state index is 14.4. The number of rotatable bonds is 4. The van der Waals surface area contributed by atoms with Gasteiger partial charge in [-0.15, -0.1) is 0 Å². The Hall–Kier alpha value is -2.10. The summed E-state index contributed by atoms with van der Waals surface area (Å²) in [7, 11) is 0. The molecule has 3 rings (SSSR count). The summed E-state index contributed by atoms with van der Waals surface area (Å²) in [5.41, 5.74) is -0.197. The Morgan fingerprint density at radius 2 is 1.93 bits per heavy atom. The first kappa shape index (κ1) is 19.7. The second kappa shape index (κ2) is 7.14. The molecule has 1 saturated carbocycles. The van der Waals surface area contributed by atoms with Gasteiger partial charge in [0.25, 0.3) is 0 Å². The van der Waals surface area contributed by atoms with E-state index in [-0.39, 0.29) is 24.9 Å². The van der Waals surface area contributed by atoms with Crippen LogP contribution in [-0.4, -0.2) is 30.7 Å². The number of alkyl halides is 3. The fourth-order valence-electron chi connectivity index (χ4n) is 3.30. The van der Waals surface area contributed by atoms with Crippen molar-refractivity contribution in [3.05, 3.63) is 34.4 Å². The van der Waals surface area contributed by atoms with Crippen LogP contribution >= 0.6 is 11.6 Å². The number of carbonyl (C=O) groups is 2. The van der Waals surface area contributed by atoms with Gasteiger partial charge in [-0.1, -0.05) is 17.7 Å². The van der Waals surface area contributed by atoms with Gasteiger partial charge in [-0.3, -0.25) is 4.79 Å². The highest BCUT2D eigenvalue weighted by atomic mass is 35.5. The summed E-state index contributed by atoms with van der Waals surface area (Å²) in [6, 6.07) is -0.709. The highest BCUT2D eigenvalue weighted by Gasteiger charge is 2.51. The van der Waals surface area contributed by atoms with Crippen LogP contribution in [0, 0.1) is 23.5 Å². The number of urea groups is 1. The molecule has 0 aromatic heterocycles. The number of carbonyl (C=O) groups excluding carboxylic acids is 2. The molecule has 1 heterocycles. The molecule has 0 bridgehead atoms. The number of nitrogens with one attached hydrogen (secondary N) is 3. The molecule has 3 N–H and O–H groups in total. The molecule has 148 valence electrons. The molecule has 2 atom stereocenters. The molecule has 1 aromatic carbocycles. The Morgan fingerprint density at radius 1 is 1.26 bits per heavy atom. The number of hydrogen-bond donors (Lipinski definition) is 3. The van der Waals surface area contributed by atoms with Gasteiger partial charge >= 0.3 is 12.2 Å². The number of halogens is 6. The topological polar surface area (TPSA) is 70.2 Å². The number of hydrogen-bond acceptors (Lipinski definition) is 2. The highest BCUT2D eigenvalue weighted by molar-refractivity contribution is 6.31. The summed E-state index contributed by atoms with van der Waals surface area (Å²) in [5.74, 6) is -5.09. The average Bonchev–Trinajstić information content (AvgIpc) is 2.96. The Bertz CT molecular complexity index is 767. The van der Waals surface area contributed by atoms with Crippen LogP contribution in [0.5, 0.6) is 0 Å². The van der Waals surface area contributed by atoms with Crippen LogP contribution in [0.1, 0.15) is 24.4 Å². The molecule has 0 unspecified atom stereocenters. The first-order valence-corrected chi connectivity index (χ1v) is 8.50. The number of benzene rings is 1. The Morgan fingerprint density at radius 3 is 2.48 bits per heavy atom. The van der Waals surface area contributed by atoms with E-state index in [0.717, 1.165) is 12.1 Å². The second-order valence-corrected chi connectivity index (χ2v) is 7.01. The van der Waals surface area contributed by atoms with Gasteiger partial charge in [0.1, 0.15) is 22.7 Å². The largest absolute Gasteiger partial charge is 0.391 e. The smallest absolute Gasteiger partial charge is 0.347 e. The van der Waals surface area contributed by atoms with Crippen LogP contribution in [0.15, 0.2) is 12.1 Å². The summed E-state index contributed by atoms with van der Waals surface area (Å²) in [6.07, 6.45) is -5.00. The highest BCUT2D eigenvalue weighted by Crippen LogP contribution is 2.50. The van der Waals surface area contributed by atoms with E-state index in [9.17, 15) is 31.5 Å². The van der Waals surface area contributed by atoms with E-state index >= 15 is 0 Å². The molecule has 27 heavy (non-hydrogen) atoms. The third kappa shape index (κ3) is 3.95. The molecule has 11 heteroatoms. The van der Waals surface area contributed by atoms with Crippen molar-refractivity contribution in [2.75, 3.05) is 6.54 Å².